The molecule has 1 amide bonds. The van der Waals surface area contributed by atoms with Gasteiger partial charge >= 0.3 is 5.69 Å². The summed E-state index contributed by atoms with van der Waals surface area (Å²) in [6.07, 6.45) is 1.43. The fourth-order valence-corrected chi connectivity index (χ4v) is 3.49. The molecule has 30 heavy (non-hydrogen) atoms. The van der Waals surface area contributed by atoms with E-state index in [2.05, 4.69) is 15.4 Å². The van der Waals surface area contributed by atoms with Gasteiger partial charge in [-0.15, -0.1) is 5.10 Å². The maximum absolute atomic E-state index is 12.1. The second-order valence-corrected chi connectivity index (χ2v) is 7.86. The standard InChI is InChI=1S/C18H14Cl2N6O4/c1-18(2)9-5-8(6-22-14(9)23-16(18)28)30-12-10(19)3-7(4-11(12)20)26-17(29)24-15(27)13(21)25-26/h3-6H,1-2H3,(H2,21,25)(H,22,23,28)(H,24,27,29). The number of nitrogens with two attached hydrogens (primary N) is 1. The topological polar surface area (TPSA) is 145 Å². The molecule has 0 unspecified atom stereocenters. The fraction of sp³-hybridized carbons (Fsp3) is 0.167. The molecule has 1 aliphatic heterocycles. The molecule has 1 aliphatic rings. The molecule has 3 aromatic rings. The summed E-state index contributed by atoms with van der Waals surface area (Å²) < 4.78 is 6.66. The number of rotatable bonds is 3. The number of halogens is 2. The van der Waals surface area contributed by atoms with Crippen LogP contribution in [0.15, 0.2) is 34.0 Å². The highest BCUT2D eigenvalue weighted by Crippen LogP contribution is 2.41. The Hall–Kier alpha value is -3.37. The van der Waals surface area contributed by atoms with Gasteiger partial charge < -0.3 is 15.8 Å². The van der Waals surface area contributed by atoms with E-state index in [-0.39, 0.29) is 27.4 Å². The second-order valence-electron chi connectivity index (χ2n) is 7.04. The number of hydrogen-bond acceptors (Lipinski definition) is 7. The lowest BCUT2D eigenvalue weighted by atomic mass is 9.87. The van der Waals surface area contributed by atoms with E-state index in [1.54, 1.807) is 19.9 Å². The summed E-state index contributed by atoms with van der Waals surface area (Å²) in [5.41, 5.74) is 3.95. The van der Waals surface area contributed by atoms with Crippen LogP contribution in [0.2, 0.25) is 10.0 Å². The summed E-state index contributed by atoms with van der Waals surface area (Å²) in [5.74, 6) is 0.340. The van der Waals surface area contributed by atoms with Crippen molar-refractivity contribution in [1.29, 1.82) is 0 Å². The van der Waals surface area contributed by atoms with Crippen LogP contribution in [0.1, 0.15) is 19.4 Å². The monoisotopic (exact) mass is 448 g/mol. The van der Waals surface area contributed by atoms with Crippen LogP contribution >= 0.6 is 23.2 Å². The average molecular weight is 449 g/mol. The first-order valence-electron chi connectivity index (χ1n) is 8.56. The third-order valence-electron chi connectivity index (χ3n) is 4.64. The molecule has 10 nitrogen and oxygen atoms in total. The number of ether oxygens (including phenoxy) is 1. The first-order chi connectivity index (χ1) is 14.1. The molecule has 1 aromatic carbocycles. The van der Waals surface area contributed by atoms with Crippen LogP contribution < -0.4 is 27.0 Å². The number of nitrogens with one attached hydrogen (secondary N) is 2. The number of amides is 1. The molecule has 0 aliphatic carbocycles. The number of carbonyl (C=O) groups excluding carboxylic acids is 1. The van der Waals surface area contributed by atoms with Gasteiger partial charge in [0.1, 0.15) is 11.6 Å². The number of H-pyrrole nitrogens is 1. The minimum absolute atomic E-state index is 0.0740. The van der Waals surface area contributed by atoms with Gasteiger partial charge in [0.2, 0.25) is 11.7 Å². The molecule has 4 rings (SSSR count). The number of hydrogen-bond donors (Lipinski definition) is 3. The summed E-state index contributed by atoms with van der Waals surface area (Å²) in [6.45, 7) is 3.55. The van der Waals surface area contributed by atoms with Crippen molar-refractivity contribution in [1.82, 2.24) is 19.7 Å². The molecular weight excluding hydrogens is 435 g/mol. The number of carbonyl (C=O) groups is 1. The van der Waals surface area contributed by atoms with Crippen molar-refractivity contribution < 1.29 is 9.53 Å². The summed E-state index contributed by atoms with van der Waals surface area (Å²) in [6, 6.07) is 4.44. The van der Waals surface area contributed by atoms with Gasteiger partial charge in [0.25, 0.3) is 5.56 Å². The van der Waals surface area contributed by atoms with E-state index in [1.807, 2.05) is 4.98 Å². The highest BCUT2D eigenvalue weighted by Gasteiger charge is 2.39. The smallest absolute Gasteiger partial charge is 0.349 e. The number of nitrogen functional groups attached to an aromatic ring is 1. The van der Waals surface area contributed by atoms with Crippen LogP contribution in [-0.4, -0.2) is 25.7 Å². The third kappa shape index (κ3) is 3.19. The lowest BCUT2D eigenvalue weighted by Gasteiger charge is -2.16. The number of aromatic amines is 1. The molecule has 0 bridgehead atoms. The largest absolute Gasteiger partial charge is 0.453 e. The molecule has 0 saturated carbocycles. The summed E-state index contributed by atoms with van der Waals surface area (Å²) in [4.78, 5) is 41.7. The van der Waals surface area contributed by atoms with Gasteiger partial charge in [-0.3, -0.25) is 14.6 Å². The first kappa shape index (κ1) is 19.9. The molecule has 0 fully saturated rings. The van der Waals surface area contributed by atoms with Gasteiger partial charge in [0.15, 0.2) is 5.75 Å². The Balaban J connectivity index is 1.72. The number of benzene rings is 1. The minimum atomic E-state index is -0.808. The molecule has 0 radical (unpaired) electrons. The van der Waals surface area contributed by atoms with E-state index >= 15 is 0 Å². The van der Waals surface area contributed by atoms with E-state index in [4.69, 9.17) is 33.7 Å². The number of nitrogens with zero attached hydrogens (tertiary/aromatic N) is 3. The highest BCUT2D eigenvalue weighted by atomic mass is 35.5. The number of fused-ring (bicyclic) bond motifs is 1. The van der Waals surface area contributed by atoms with Crippen molar-refractivity contribution in [2.45, 2.75) is 19.3 Å². The summed E-state index contributed by atoms with van der Waals surface area (Å²) >= 11 is 12.6. The molecule has 3 heterocycles. The maximum Gasteiger partial charge on any atom is 0.349 e. The fourth-order valence-electron chi connectivity index (χ4n) is 2.94. The van der Waals surface area contributed by atoms with Crippen molar-refractivity contribution in [2.75, 3.05) is 11.1 Å². The van der Waals surface area contributed by atoms with Crippen molar-refractivity contribution in [3.8, 4) is 17.2 Å². The van der Waals surface area contributed by atoms with Crippen LogP contribution in [0, 0.1) is 0 Å². The Morgan fingerprint density at radius 1 is 1.13 bits per heavy atom. The van der Waals surface area contributed by atoms with Crippen LogP contribution in [-0.2, 0) is 10.2 Å². The van der Waals surface area contributed by atoms with Crippen LogP contribution in [0.4, 0.5) is 11.6 Å². The first-order valence-corrected chi connectivity index (χ1v) is 9.32. The van der Waals surface area contributed by atoms with Crippen LogP contribution in [0.25, 0.3) is 5.69 Å². The van der Waals surface area contributed by atoms with Crippen molar-refractivity contribution >= 4 is 40.7 Å². The summed E-state index contributed by atoms with van der Waals surface area (Å²) in [7, 11) is 0. The SMILES string of the molecule is CC1(C)C(=O)Nc2ncc(Oc3c(Cl)cc(-n4nc(N)c(=O)[nH]c4=O)cc3Cl)cc21. The highest BCUT2D eigenvalue weighted by molar-refractivity contribution is 6.37. The number of anilines is 2. The third-order valence-corrected chi connectivity index (χ3v) is 5.20. The Morgan fingerprint density at radius 3 is 2.47 bits per heavy atom. The van der Waals surface area contributed by atoms with Gasteiger partial charge in [0.05, 0.1) is 27.3 Å². The molecule has 2 aromatic heterocycles. The van der Waals surface area contributed by atoms with Crippen LogP contribution in [0.5, 0.6) is 11.5 Å². The van der Waals surface area contributed by atoms with Gasteiger partial charge in [0, 0.05) is 5.56 Å². The molecule has 12 heteroatoms. The molecule has 154 valence electrons. The minimum Gasteiger partial charge on any atom is -0.453 e. The van der Waals surface area contributed by atoms with Gasteiger partial charge in [-0.2, -0.15) is 4.68 Å². The zero-order chi connectivity index (χ0) is 21.8. The second kappa shape index (κ2) is 6.85. The zero-order valence-corrected chi connectivity index (χ0v) is 17.1. The lowest BCUT2D eigenvalue weighted by Crippen LogP contribution is -2.33. The Morgan fingerprint density at radius 2 is 1.80 bits per heavy atom. The quantitative estimate of drug-likeness (QED) is 0.556. The lowest BCUT2D eigenvalue weighted by molar-refractivity contribution is -0.119. The normalized spacial score (nSPS) is 14.3. The van der Waals surface area contributed by atoms with Crippen molar-refractivity contribution in [2.24, 2.45) is 0 Å². The van der Waals surface area contributed by atoms with E-state index in [9.17, 15) is 14.4 Å². The molecule has 4 N–H and O–H groups in total. The Bertz CT molecular complexity index is 1310. The van der Waals surface area contributed by atoms with E-state index < -0.39 is 22.5 Å². The Labute approximate surface area is 178 Å². The summed E-state index contributed by atoms with van der Waals surface area (Å²) in [5, 5.41) is 6.59. The van der Waals surface area contributed by atoms with E-state index in [0.717, 1.165) is 4.68 Å². The maximum atomic E-state index is 12.1. The average Bonchev–Trinajstić information content (AvgIpc) is 2.90. The van der Waals surface area contributed by atoms with Crippen LogP contribution in [0.3, 0.4) is 0 Å². The molecular formula is C18H14Cl2N6O4. The van der Waals surface area contributed by atoms with Crippen molar-refractivity contribution in [3.05, 3.63) is 60.8 Å². The van der Waals surface area contributed by atoms with E-state index in [1.165, 1.54) is 18.3 Å². The molecule has 0 saturated heterocycles. The van der Waals surface area contributed by atoms with Crippen molar-refractivity contribution in [3.63, 3.8) is 0 Å². The van der Waals surface area contributed by atoms with Gasteiger partial charge in [-0.1, -0.05) is 23.2 Å². The van der Waals surface area contributed by atoms with Gasteiger partial charge in [-0.25, -0.2) is 9.78 Å². The molecule has 0 atom stereocenters. The number of aromatic nitrogens is 4. The zero-order valence-electron chi connectivity index (χ0n) is 15.6. The predicted molar refractivity (Wildman–Crippen MR) is 111 cm³/mol. The predicted octanol–water partition coefficient (Wildman–Crippen LogP) is 2.23. The number of pyridine rings is 1. The Kier molecular flexibility index (Phi) is 4.55. The van der Waals surface area contributed by atoms with Gasteiger partial charge in [-0.05, 0) is 32.0 Å². The molecule has 0 spiro atoms. The van der Waals surface area contributed by atoms with E-state index in [0.29, 0.717) is 17.1 Å².